The second-order valence-corrected chi connectivity index (χ2v) is 11.3. The van der Waals surface area contributed by atoms with Crippen LogP contribution in [0.15, 0.2) is 91.0 Å². The number of carbonyl (C=O) groups excluding carboxylic acids is 2. The van der Waals surface area contributed by atoms with Gasteiger partial charge in [-0.15, -0.1) is 0 Å². The van der Waals surface area contributed by atoms with Crippen LogP contribution in [-0.4, -0.2) is 25.2 Å². The number of hydrogen-bond donors (Lipinski definition) is 0. The van der Waals surface area contributed by atoms with Gasteiger partial charge in [-0.05, 0) is 118 Å². The van der Waals surface area contributed by atoms with Gasteiger partial charge in [0.25, 0.3) is 0 Å². The molecule has 47 heavy (non-hydrogen) atoms. The van der Waals surface area contributed by atoms with Crippen LogP contribution in [0.4, 0.5) is 17.6 Å². The van der Waals surface area contributed by atoms with Gasteiger partial charge < -0.3 is 18.9 Å². The third-order valence-electron chi connectivity index (χ3n) is 7.09. The highest BCUT2D eigenvalue weighted by Gasteiger charge is 2.36. The molecule has 0 radical (unpaired) electrons. The highest BCUT2D eigenvalue weighted by molar-refractivity contribution is 5.87. The second-order valence-electron chi connectivity index (χ2n) is 11.3. The van der Waals surface area contributed by atoms with Crippen molar-refractivity contribution in [2.75, 3.05) is 13.2 Å². The number of hydrogen-bond acceptors (Lipinski definition) is 6. The standard InChI is InChI=1S/C37H40F4O6/c1-25(2)34(42)44-22-8-6-10-28-12-16-30(17-13-28)36(38,39)46-32-20-21-33(27(5)24-32)47-37(40,41)31-18-14-29(15-19-31)11-7-9-23-45-35(43)26(3)4/h12-21,24H,1,3,6-11,22-23H2,2,4-5H3. The summed E-state index contributed by atoms with van der Waals surface area (Å²) in [5, 5.41) is 0. The number of esters is 2. The van der Waals surface area contributed by atoms with Gasteiger partial charge in [-0.2, -0.15) is 17.6 Å². The molecule has 0 aromatic heterocycles. The van der Waals surface area contributed by atoms with Gasteiger partial charge in [0.05, 0.1) is 24.3 Å². The van der Waals surface area contributed by atoms with E-state index in [1.807, 2.05) is 0 Å². The minimum Gasteiger partial charge on any atom is -0.462 e. The summed E-state index contributed by atoms with van der Waals surface area (Å²) < 4.78 is 79.9. The van der Waals surface area contributed by atoms with Gasteiger partial charge in [0, 0.05) is 11.1 Å². The summed E-state index contributed by atoms with van der Waals surface area (Å²) in [6.45, 7) is 12.1. The lowest BCUT2D eigenvalue weighted by molar-refractivity contribution is -0.188. The molecule has 0 aliphatic heterocycles. The molecule has 6 nitrogen and oxygen atoms in total. The zero-order valence-electron chi connectivity index (χ0n) is 26.9. The summed E-state index contributed by atoms with van der Waals surface area (Å²) in [5.41, 5.74) is 1.78. The van der Waals surface area contributed by atoms with Gasteiger partial charge >= 0.3 is 24.2 Å². The number of alkyl halides is 4. The van der Waals surface area contributed by atoms with Crippen LogP contribution in [0.5, 0.6) is 11.5 Å². The molecule has 3 aromatic rings. The van der Waals surface area contributed by atoms with Gasteiger partial charge in [0.15, 0.2) is 0 Å². The predicted molar refractivity (Wildman–Crippen MR) is 171 cm³/mol. The Kier molecular flexibility index (Phi) is 13.2. The van der Waals surface area contributed by atoms with Crippen molar-refractivity contribution < 1.29 is 46.1 Å². The average molecular weight is 657 g/mol. The van der Waals surface area contributed by atoms with Crippen LogP contribution < -0.4 is 9.47 Å². The van der Waals surface area contributed by atoms with E-state index in [0.717, 1.165) is 17.2 Å². The topological polar surface area (TPSA) is 71.1 Å². The van der Waals surface area contributed by atoms with Crippen LogP contribution >= 0.6 is 0 Å². The van der Waals surface area contributed by atoms with Crippen molar-refractivity contribution in [3.05, 3.63) is 119 Å². The van der Waals surface area contributed by atoms with Crippen molar-refractivity contribution in [2.24, 2.45) is 0 Å². The summed E-state index contributed by atoms with van der Waals surface area (Å²) in [5.74, 6) is -1.29. The number of benzene rings is 3. The molecule has 0 N–H and O–H groups in total. The Morgan fingerprint density at radius 3 is 1.47 bits per heavy atom. The molecule has 0 atom stereocenters. The van der Waals surface area contributed by atoms with E-state index in [-0.39, 0.29) is 41.4 Å². The van der Waals surface area contributed by atoms with E-state index < -0.39 is 24.2 Å². The van der Waals surface area contributed by atoms with Crippen molar-refractivity contribution in [2.45, 2.75) is 71.5 Å². The Labute approximate surface area is 273 Å². The molecule has 0 bridgehead atoms. The van der Waals surface area contributed by atoms with E-state index >= 15 is 0 Å². The number of rotatable bonds is 18. The van der Waals surface area contributed by atoms with Crippen LogP contribution in [0.25, 0.3) is 0 Å². The van der Waals surface area contributed by atoms with Crippen molar-refractivity contribution >= 4 is 11.9 Å². The summed E-state index contributed by atoms with van der Waals surface area (Å²) in [4.78, 5) is 22.8. The molecule has 0 saturated heterocycles. The molecule has 3 aromatic carbocycles. The number of ether oxygens (including phenoxy) is 4. The number of unbranched alkanes of at least 4 members (excludes halogenated alkanes) is 2. The molecule has 0 aliphatic carbocycles. The Morgan fingerprint density at radius 1 is 0.638 bits per heavy atom. The quantitative estimate of drug-likeness (QED) is 0.0589. The third kappa shape index (κ3) is 11.6. The lowest BCUT2D eigenvalue weighted by Gasteiger charge is -2.22. The SMILES string of the molecule is C=C(C)C(=O)OCCCCc1ccc(C(F)(F)Oc2ccc(OC(F)(F)c3ccc(CCCCOC(=O)C(=C)C)cc3)c(C)c2)cc1. The zero-order chi connectivity index (χ0) is 34.6. The molecule has 252 valence electrons. The minimum absolute atomic E-state index is 0.183. The maximum atomic E-state index is 15.0. The largest absolute Gasteiger partial charge is 0.462 e. The normalized spacial score (nSPS) is 11.5. The van der Waals surface area contributed by atoms with Crippen molar-refractivity contribution in [3.63, 3.8) is 0 Å². The van der Waals surface area contributed by atoms with Gasteiger partial charge in [-0.1, -0.05) is 37.4 Å². The summed E-state index contributed by atoms with van der Waals surface area (Å²) in [6, 6.07) is 14.9. The Morgan fingerprint density at radius 2 is 1.06 bits per heavy atom. The van der Waals surface area contributed by atoms with Crippen LogP contribution in [0.1, 0.15) is 67.3 Å². The van der Waals surface area contributed by atoms with E-state index in [9.17, 15) is 27.2 Å². The summed E-state index contributed by atoms with van der Waals surface area (Å²) in [7, 11) is 0. The maximum absolute atomic E-state index is 15.0. The van der Waals surface area contributed by atoms with E-state index in [1.165, 1.54) is 43.3 Å². The van der Waals surface area contributed by atoms with E-state index in [1.54, 1.807) is 38.1 Å². The van der Waals surface area contributed by atoms with Crippen LogP contribution in [-0.2, 0) is 44.1 Å². The second kappa shape index (κ2) is 16.8. The monoisotopic (exact) mass is 656 g/mol. The molecule has 0 saturated carbocycles. The first-order valence-corrected chi connectivity index (χ1v) is 15.3. The van der Waals surface area contributed by atoms with Gasteiger partial charge in [-0.3, -0.25) is 0 Å². The van der Waals surface area contributed by atoms with Crippen LogP contribution in [0.2, 0.25) is 0 Å². The first-order valence-electron chi connectivity index (χ1n) is 15.3. The molecule has 0 amide bonds. The number of carbonyl (C=O) groups is 2. The highest BCUT2D eigenvalue weighted by atomic mass is 19.3. The lowest BCUT2D eigenvalue weighted by Crippen LogP contribution is -2.23. The molecule has 0 aliphatic rings. The van der Waals surface area contributed by atoms with Crippen molar-refractivity contribution in [1.82, 2.24) is 0 Å². The predicted octanol–water partition coefficient (Wildman–Crippen LogP) is 9.14. The fraction of sp³-hybridized carbons (Fsp3) is 0.351. The smallest absolute Gasteiger partial charge is 0.426 e. The fourth-order valence-electron chi connectivity index (χ4n) is 4.37. The van der Waals surface area contributed by atoms with E-state index in [2.05, 4.69) is 13.2 Å². The average Bonchev–Trinajstić information content (AvgIpc) is 3.02. The first kappa shape index (κ1) is 36.9. The molecule has 0 fully saturated rings. The Balaban J connectivity index is 1.51. The fourth-order valence-corrected chi connectivity index (χ4v) is 4.37. The molecule has 0 spiro atoms. The minimum atomic E-state index is -3.68. The Bertz CT molecular complexity index is 1530. The first-order chi connectivity index (χ1) is 22.2. The van der Waals surface area contributed by atoms with Crippen LogP contribution in [0, 0.1) is 6.92 Å². The third-order valence-corrected chi connectivity index (χ3v) is 7.09. The molecular formula is C37H40F4O6. The van der Waals surface area contributed by atoms with Crippen molar-refractivity contribution in [3.8, 4) is 11.5 Å². The van der Waals surface area contributed by atoms with Gasteiger partial charge in [0.1, 0.15) is 11.5 Å². The van der Waals surface area contributed by atoms with E-state index in [0.29, 0.717) is 49.7 Å². The van der Waals surface area contributed by atoms with Gasteiger partial charge in [-0.25, -0.2) is 9.59 Å². The van der Waals surface area contributed by atoms with Gasteiger partial charge in [0.2, 0.25) is 0 Å². The summed E-state index contributed by atoms with van der Waals surface area (Å²) >= 11 is 0. The van der Waals surface area contributed by atoms with Crippen LogP contribution in [0.3, 0.4) is 0 Å². The number of halogens is 4. The zero-order valence-corrected chi connectivity index (χ0v) is 26.9. The highest BCUT2D eigenvalue weighted by Crippen LogP contribution is 2.37. The molecular weight excluding hydrogens is 616 g/mol. The molecule has 0 unspecified atom stereocenters. The van der Waals surface area contributed by atoms with E-state index in [4.69, 9.17) is 18.9 Å². The number of aryl methyl sites for hydroxylation is 3. The molecule has 10 heteroatoms. The molecule has 0 heterocycles. The molecule has 3 rings (SSSR count). The maximum Gasteiger partial charge on any atom is 0.426 e. The van der Waals surface area contributed by atoms with Crippen molar-refractivity contribution in [1.29, 1.82) is 0 Å². The summed E-state index contributed by atoms with van der Waals surface area (Å²) in [6.07, 6.45) is -3.48. The Hall–Kier alpha value is -4.60. The lowest BCUT2D eigenvalue weighted by atomic mass is 10.1.